The predicted molar refractivity (Wildman–Crippen MR) is 53.1 cm³/mol. The third-order valence-electron chi connectivity index (χ3n) is 1.60. The van der Waals surface area contributed by atoms with Crippen molar-refractivity contribution in [1.82, 2.24) is 9.88 Å². The predicted octanol–water partition coefficient (Wildman–Crippen LogP) is 1.86. The molecule has 0 fully saturated rings. The zero-order valence-electron chi connectivity index (χ0n) is 7.28. The van der Waals surface area contributed by atoms with Crippen LogP contribution in [-0.2, 0) is 6.54 Å². The molecule has 0 bridgehead atoms. The molecule has 0 saturated heterocycles. The summed E-state index contributed by atoms with van der Waals surface area (Å²) in [5.74, 6) is 0. The maximum Gasteiger partial charge on any atom is 0.404 e. The number of carboxylic acid groups (broad SMARTS) is 1. The van der Waals surface area contributed by atoms with Crippen LogP contribution in [0.15, 0.2) is 22.9 Å². The van der Waals surface area contributed by atoms with Crippen molar-refractivity contribution in [2.24, 2.45) is 0 Å². The first-order valence-corrected chi connectivity index (χ1v) is 4.79. The highest BCUT2D eigenvalue weighted by Gasteiger charge is 2.08. The Morgan fingerprint density at radius 1 is 1.79 bits per heavy atom. The lowest BCUT2D eigenvalue weighted by atomic mass is 10.4. The van der Waals surface area contributed by atoms with E-state index in [4.69, 9.17) is 5.11 Å². The second kappa shape index (κ2) is 4.99. The average Bonchev–Trinajstić information content (AvgIpc) is 2.48. The van der Waals surface area contributed by atoms with Crippen molar-refractivity contribution in [3.8, 4) is 0 Å². The molecule has 1 atom stereocenters. The van der Waals surface area contributed by atoms with E-state index in [0.717, 1.165) is 4.47 Å². The Kier molecular flexibility index (Phi) is 3.94. The Morgan fingerprint density at radius 3 is 3.00 bits per heavy atom. The summed E-state index contributed by atoms with van der Waals surface area (Å²) in [6, 6.07) is 1.79. The van der Waals surface area contributed by atoms with E-state index in [1.807, 2.05) is 5.32 Å². The van der Waals surface area contributed by atoms with Crippen molar-refractivity contribution in [1.29, 1.82) is 0 Å². The number of rotatable bonds is 4. The third-order valence-corrected chi connectivity index (χ3v) is 2.07. The van der Waals surface area contributed by atoms with Crippen LogP contribution >= 0.6 is 15.9 Å². The van der Waals surface area contributed by atoms with Crippen molar-refractivity contribution in [2.45, 2.75) is 12.7 Å². The van der Waals surface area contributed by atoms with Crippen LogP contribution in [0.1, 0.15) is 0 Å². The number of hydrogen-bond acceptors (Lipinski definition) is 1. The number of nitrogens with zero attached hydrogens (tertiary/aromatic N) is 1. The van der Waals surface area contributed by atoms with Gasteiger partial charge in [-0.05, 0) is 22.0 Å². The van der Waals surface area contributed by atoms with E-state index in [1.165, 1.54) is 0 Å². The normalized spacial score (nSPS) is 12.4. The molecule has 1 aromatic rings. The molecule has 6 heteroatoms. The van der Waals surface area contributed by atoms with E-state index in [2.05, 4.69) is 15.9 Å². The van der Waals surface area contributed by atoms with Crippen LogP contribution in [0.2, 0.25) is 0 Å². The summed E-state index contributed by atoms with van der Waals surface area (Å²) in [6.45, 7) is -0.0446. The van der Waals surface area contributed by atoms with Crippen molar-refractivity contribution in [2.75, 3.05) is 6.54 Å². The largest absolute Gasteiger partial charge is 0.465 e. The molecule has 1 aromatic heterocycles. The van der Waals surface area contributed by atoms with Gasteiger partial charge in [-0.25, -0.2) is 9.18 Å². The molecule has 1 rings (SSSR count). The van der Waals surface area contributed by atoms with Gasteiger partial charge in [0.25, 0.3) is 0 Å². The Balaban J connectivity index is 2.33. The lowest BCUT2D eigenvalue weighted by molar-refractivity contribution is 0.187. The fourth-order valence-corrected chi connectivity index (χ4v) is 1.40. The number of nitrogens with one attached hydrogen (secondary N) is 1. The molecule has 0 radical (unpaired) electrons. The minimum absolute atomic E-state index is 0.145. The molecule has 78 valence electrons. The molecule has 0 aliphatic rings. The minimum atomic E-state index is -1.22. The Labute approximate surface area is 88.8 Å². The molecule has 1 heterocycles. The van der Waals surface area contributed by atoms with E-state index in [-0.39, 0.29) is 13.1 Å². The fourth-order valence-electron chi connectivity index (χ4n) is 1.02. The first-order chi connectivity index (χ1) is 6.58. The van der Waals surface area contributed by atoms with E-state index >= 15 is 0 Å². The maximum atomic E-state index is 13.1. The van der Waals surface area contributed by atoms with Crippen molar-refractivity contribution < 1.29 is 14.3 Å². The van der Waals surface area contributed by atoms with Gasteiger partial charge in [0, 0.05) is 16.9 Å². The molecular weight excluding hydrogens is 255 g/mol. The first kappa shape index (κ1) is 11.0. The van der Waals surface area contributed by atoms with Crippen LogP contribution in [0, 0.1) is 0 Å². The molecule has 0 spiro atoms. The van der Waals surface area contributed by atoms with Crippen molar-refractivity contribution in [3.05, 3.63) is 22.9 Å². The molecule has 0 aromatic carbocycles. The Hall–Kier alpha value is -1.04. The number of alkyl halides is 1. The number of aromatic nitrogens is 1. The number of carbonyl (C=O) groups is 1. The highest BCUT2D eigenvalue weighted by Crippen LogP contribution is 2.09. The van der Waals surface area contributed by atoms with Gasteiger partial charge in [-0.3, -0.25) is 0 Å². The average molecular weight is 265 g/mol. The SMILES string of the molecule is O=C(O)NCC(F)Cn1ccc(Br)c1. The van der Waals surface area contributed by atoms with Gasteiger partial charge >= 0.3 is 6.09 Å². The highest BCUT2D eigenvalue weighted by molar-refractivity contribution is 9.10. The summed E-state index contributed by atoms with van der Waals surface area (Å²) in [4.78, 5) is 10.1. The highest BCUT2D eigenvalue weighted by atomic mass is 79.9. The van der Waals surface area contributed by atoms with Crippen LogP contribution in [0.3, 0.4) is 0 Å². The van der Waals surface area contributed by atoms with Crippen LogP contribution in [0.25, 0.3) is 0 Å². The third kappa shape index (κ3) is 3.78. The first-order valence-electron chi connectivity index (χ1n) is 4.00. The van der Waals surface area contributed by atoms with Gasteiger partial charge < -0.3 is 15.0 Å². The standard InChI is InChI=1S/C8H10BrFN2O2/c9-6-1-2-12(4-6)5-7(10)3-11-8(13)14/h1-2,4,7,11H,3,5H2,(H,13,14). The van der Waals surface area contributed by atoms with Gasteiger partial charge in [0.05, 0.1) is 13.1 Å². The van der Waals surface area contributed by atoms with E-state index in [9.17, 15) is 9.18 Å². The van der Waals surface area contributed by atoms with Crippen LogP contribution in [-0.4, -0.2) is 28.5 Å². The second-order valence-electron chi connectivity index (χ2n) is 2.81. The van der Waals surface area contributed by atoms with E-state index < -0.39 is 12.3 Å². The van der Waals surface area contributed by atoms with Gasteiger partial charge in [0.2, 0.25) is 0 Å². The van der Waals surface area contributed by atoms with Crippen molar-refractivity contribution in [3.63, 3.8) is 0 Å². The summed E-state index contributed by atoms with van der Waals surface area (Å²) >= 11 is 3.23. The number of hydrogen-bond donors (Lipinski definition) is 2. The Bertz CT molecular complexity index is 316. The van der Waals surface area contributed by atoms with Crippen LogP contribution in [0.4, 0.5) is 9.18 Å². The van der Waals surface area contributed by atoms with Gasteiger partial charge in [-0.15, -0.1) is 0 Å². The maximum absolute atomic E-state index is 13.1. The van der Waals surface area contributed by atoms with Crippen molar-refractivity contribution >= 4 is 22.0 Å². The smallest absolute Gasteiger partial charge is 0.404 e. The van der Waals surface area contributed by atoms with Crippen LogP contribution in [0.5, 0.6) is 0 Å². The van der Waals surface area contributed by atoms with Gasteiger partial charge in [0.1, 0.15) is 6.17 Å². The molecule has 0 aliphatic heterocycles. The summed E-state index contributed by atoms with van der Waals surface area (Å²) in [5.41, 5.74) is 0. The zero-order valence-corrected chi connectivity index (χ0v) is 8.87. The molecular formula is C8H10BrFN2O2. The molecule has 2 N–H and O–H groups in total. The summed E-state index contributed by atoms with van der Waals surface area (Å²) in [7, 11) is 0. The molecule has 0 saturated carbocycles. The minimum Gasteiger partial charge on any atom is -0.465 e. The fraction of sp³-hybridized carbons (Fsp3) is 0.375. The molecule has 1 amide bonds. The second-order valence-corrected chi connectivity index (χ2v) is 3.73. The lowest BCUT2D eigenvalue weighted by Crippen LogP contribution is -2.30. The molecule has 14 heavy (non-hydrogen) atoms. The summed E-state index contributed by atoms with van der Waals surface area (Å²) < 4.78 is 15.6. The monoisotopic (exact) mass is 264 g/mol. The quantitative estimate of drug-likeness (QED) is 0.872. The zero-order chi connectivity index (χ0) is 10.6. The lowest BCUT2D eigenvalue weighted by Gasteiger charge is -2.08. The van der Waals surface area contributed by atoms with Gasteiger partial charge in [-0.2, -0.15) is 0 Å². The number of amides is 1. The van der Waals surface area contributed by atoms with E-state index in [0.29, 0.717) is 0 Å². The summed E-state index contributed by atoms with van der Waals surface area (Å²) in [5, 5.41) is 10.2. The van der Waals surface area contributed by atoms with E-state index in [1.54, 1.807) is 23.0 Å². The van der Waals surface area contributed by atoms with Gasteiger partial charge in [0.15, 0.2) is 0 Å². The van der Waals surface area contributed by atoms with Gasteiger partial charge in [-0.1, -0.05) is 0 Å². The molecule has 0 aliphatic carbocycles. The topological polar surface area (TPSA) is 54.3 Å². The molecule has 4 nitrogen and oxygen atoms in total. The molecule has 1 unspecified atom stereocenters. The van der Waals surface area contributed by atoms with Crippen LogP contribution < -0.4 is 5.32 Å². The Morgan fingerprint density at radius 2 is 2.50 bits per heavy atom. The number of halogens is 2. The summed E-state index contributed by atoms with van der Waals surface area (Å²) in [6.07, 6.45) is 1.02.